The van der Waals surface area contributed by atoms with Crippen LogP contribution < -0.4 is 10.6 Å². The first-order valence-corrected chi connectivity index (χ1v) is 12.8. The van der Waals surface area contributed by atoms with Crippen molar-refractivity contribution < 1.29 is 17.6 Å². The number of piperidine rings is 2. The molecule has 8 heteroatoms. The maximum atomic E-state index is 13.5. The van der Waals surface area contributed by atoms with Gasteiger partial charge in [-0.3, -0.25) is 0 Å². The highest BCUT2D eigenvalue weighted by Gasteiger charge is 2.24. The molecule has 2 aliphatic heterocycles. The molecule has 2 heterocycles. The Morgan fingerprint density at radius 3 is 1.42 bits per heavy atom. The minimum atomic E-state index is -0.524. The fourth-order valence-corrected chi connectivity index (χ4v) is 5.13. The highest BCUT2D eigenvalue weighted by molar-refractivity contribution is 5.19. The van der Waals surface area contributed by atoms with Crippen molar-refractivity contribution in [1.82, 2.24) is 20.4 Å². The summed E-state index contributed by atoms with van der Waals surface area (Å²) in [7, 11) is 4.23. The van der Waals surface area contributed by atoms with E-state index < -0.39 is 23.3 Å². The summed E-state index contributed by atoms with van der Waals surface area (Å²) < 4.78 is 52.5. The van der Waals surface area contributed by atoms with Crippen molar-refractivity contribution in [2.24, 2.45) is 11.8 Å². The van der Waals surface area contributed by atoms with Gasteiger partial charge in [-0.25, -0.2) is 17.6 Å². The van der Waals surface area contributed by atoms with Crippen LogP contribution in [0.4, 0.5) is 17.6 Å². The molecule has 0 aliphatic carbocycles. The normalized spacial score (nSPS) is 25.3. The SMILES string of the molecule is C[C@@H]1CN(C)CC[C@@H]1NCc1ccc(F)cc1F.C[C@H]1CN(C)CC[C@H]1NCc1ccc(F)cc1F. The molecule has 0 radical (unpaired) electrons. The van der Waals surface area contributed by atoms with Crippen molar-refractivity contribution in [2.45, 2.75) is 51.9 Å². The van der Waals surface area contributed by atoms with Crippen LogP contribution in [-0.4, -0.2) is 62.2 Å². The molecule has 2 aromatic carbocycles. The van der Waals surface area contributed by atoms with Gasteiger partial charge in [0.25, 0.3) is 0 Å². The maximum absolute atomic E-state index is 13.5. The molecule has 4 nitrogen and oxygen atoms in total. The third-order valence-electron chi connectivity index (χ3n) is 7.36. The lowest BCUT2D eigenvalue weighted by atomic mass is 9.94. The zero-order valence-electron chi connectivity index (χ0n) is 21.8. The van der Waals surface area contributed by atoms with Crippen LogP contribution >= 0.6 is 0 Å². The summed E-state index contributed by atoms with van der Waals surface area (Å²) in [5.74, 6) is -0.890. The average Bonchev–Trinajstić information content (AvgIpc) is 2.80. The first kappa shape index (κ1) is 28.6. The molecule has 0 aromatic heterocycles. The van der Waals surface area contributed by atoms with Gasteiger partial charge in [-0.1, -0.05) is 26.0 Å². The summed E-state index contributed by atoms with van der Waals surface area (Å²) in [6.45, 7) is 9.58. The molecule has 0 amide bonds. The van der Waals surface area contributed by atoms with E-state index in [1.807, 2.05) is 0 Å². The highest BCUT2D eigenvalue weighted by Crippen LogP contribution is 2.18. The third kappa shape index (κ3) is 8.54. The Morgan fingerprint density at radius 1 is 0.694 bits per heavy atom. The Balaban J connectivity index is 0.000000201. The van der Waals surface area contributed by atoms with Crippen molar-refractivity contribution in [3.05, 3.63) is 70.8 Å². The molecular weight excluding hydrogens is 468 g/mol. The summed E-state index contributed by atoms with van der Waals surface area (Å²) in [6, 6.07) is 8.33. The van der Waals surface area contributed by atoms with Crippen LogP contribution in [0.25, 0.3) is 0 Å². The molecular formula is C28H40F4N4. The molecule has 2 aromatic rings. The van der Waals surface area contributed by atoms with Crippen LogP contribution in [0.1, 0.15) is 37.8 Å². The molecule has 2 aliphatic rings. The van der Waals surface area contributed by atoms with Gasteiger partial charge in [-0.05, 0) is 64.0 Å². The van der Waals surface area contributed by atoms with Gasteiger partial charge in [-0.15, -0.1) is 0 Å². The lowest BCUT2D eigenvalue weighted by Gasteiger charge is -2.35. The largest absolute Gasteiger partial charge is 0.309 e. The number of likely N-dealkylation sites (tertiary alicyclic amines) is 2. The minimum absolute atomic E-state index is 0.408. The zero-order chi connectivity index (χ0) is 26.2. The fourth-order valence-electron chi connectivity index (χ4n) is 5.13. The number of rotatable bonds is 6. The predicted molar refractivity (Wildman–Crippen MR) is 137 cm³/mol. The number of halogens is 4. The summed E-state index contributed by atoms with van der Waals surface area (Å²) in [6.07, 6.45) is 2.14. The zero-order valence-corrected chi connectivity index (χ0v) is 21.8. The summed E-state index contributed by atoms with van der Waals surface area (Å²) in [5.41, 5.74) is 1.06. The second kappa shape index (κ2) is 13.5. The van der Waals surface area contributed by atoms with E-state index in [0.29, 0.717) is 48.1 Å². The van der Waals surface area contributed by atoms with E-state index in [2.05, 4.69) is 48.4 Å². The minimum Gasteiger partial charge on any atom is -0.309 e. The maximum Gasteiger partial charge on any atom is 0.130 e. The number of nitrogens with one attached hydrogen (secondary N) is 2. The van der Waals surface area contributed by atoms with Gasteiger partial charge in [-0.2, -0.15) is 0 Å². The van der Waals surface area contributed by atoms with Crippen LogP contribution in [0, 0.1) is 35.1 Å². The fraction of sp³-hybridized carbons (Fsp3) is 0.571. The van der Waals surface area contributed by atoms with E-state index >= 15 is 0 Å². The predicted octanol–water partition coefficient (Wildman–Crippen LogP) is 4.79. The van der Waals surface area contributed by atoms with Crippen LogP contribution in [-0.2, 0) is 13.1 Å². The molecule has 0 bridgehead atoms. The lowest BCUT2D eigenvalue weighted by Crippen LogP contribution is -2.46. The molecule has 200 valence electrons. The van der Waals surface area contributed by atoms with E-state index in [1.165, 1.54) is 24.3 Å². The second-order valence-electron chi connectivity index (χ2n) is 10.5. The smallest absolute Gasteiger partial charge is 0.130 e. The van der Waals surface area contributed by atoms with Gasteiger partial charge < -0.3 is 20.4 Å². The number of nitrogens with zero attached hydrogens (tertiary/aromatic N) is 2. The Morgan fingerprint density at radius 2 is 1.08 bits per heavy atom. The van der Waals surface area contributed by atoms with Crippen molar-refractivity contribution in [3.63, 3.8) is 0 Å². The van der Waals surface area contributed by atoms with E-state index in [1.54, 1.807) is 0 Å². The van der Waals surface area contributed by atoms with Crippen LogP contribution in [0.2, 0.25) is 0 Å². The third-order valence-corrected chi connectivity index (χ3v) is 7.36. The number of hydrogen-bond acceptors (Lipinski definition) is 4. The molecule has 36 heavy (non-hydrogen) atoms. The summed E-state index contributed by atoms with van der Waals surface area (Å²) in [4.78, 5) is 4.61. The highest BCUT2D eigenvalue weighted by atomic mass is 19.1. The van der Waals surface area contributed by atoms with Crippen molar-refractivity contribution in [1.29, 1.82) is 0 Å². The quantitative estimate of drug-likeness (QED) is 0.550. The first-order valence-electron chi connectivity index (χ1n) is 12.8. The topological polar surface area (TPSA) is 30.5 Å². The Labute approximate surface area is 213 Å². The molecule has 0 saturated carbocycles. The van der Waals surface area contributed by atoms with Gasteiger partial charge in [0, 0.05) is 61.5 Å². The molecule has 2 saturated heterocycles. The number of benzene rings is 2. The second-order valence-corrected chi connectivity index (χ2v) is 10.5. The van der Waals surface area contributed by atoms with Crippen LogP contribution in [0.15, 0.2) is 36.4 Å². The van der Waals surface area contributed by atoms with Crippen molar-refractivity contribution in [2.75, 3.05) is 40.3 Å². The molecule has 0 spiro atoms. The van der Waals surface area contributed by atoms with Crippen molar-refractivity contribution in [3.8, 4) is 0 Å². The molecule has 2 N–H and O–H groups in total. The van der Waals surface area contributed by atoms with E-state index in [9.17, 15) is 17.6 Å². The summed E-state index contributed by atoms with van der Waals surface area (Å²) in [5, 5.41) is 6.76. The van der Waals surface area contributed by atoms with Gasteiger partial charge >= 0.3 is 0 Å². The first-order chi connectivity index (χ1) is 17.1. The molecule has 4 rings (SSSR count). The molecule has 0 unspecified atom stereocenters. The van der Waals surface area contributed by atoms with Gasteiger partial charge in [0.2, 0.25) is 0 Å². The van der Waals surface area contributed by atoms with E-state index in [-0.39, 0.29) is 0 Å². The Kier molecular flexibility index (Phi) is 10.7. The molecule has 2 fully saturated rings. The summed E-state index contributed by atoms with van der Waals surface area (Å²) >= 11 is 0. The van der Waals surface area contributed by atoms with Gasteiger partial charge in [0.15, 0.2) is 0 Å². The van der Waals surface area contributed by atoms with Crippen LogP contribution in [0.3, 0.4) is 0 Å². The standard InChI is InChI=1S/2C14H20F2N2/c2*1-10-9-18(2)6-5-14(10)17-8-11-3-4-12(15)7-13(11)16/h2*3-4,7,10,14,17H,5-6,8-9H2,1-2H3/t2*10-,14+/m10/s1. The monoisotopic (exact) mass is 508 g/mol. The Bertz CT molecular complexity index is 895. The molecule has 4 atom stereocenters. The van der Waals surface area contributed by atoms with Crippen LogP contribution in [0.5, 0.6) is 0 Å². The number of hydrogen-bond donors (Lipinski definition) is 2. The average molecular weight is 509 g/mol. The van der Waals surface area contributed by atoms with Gasteiger partial charge in [0.1, 0.15) is 23.3 Å². The van der Waals surface area contributed by atoms with E-state index in [0.717, 1.165) is 51.2 Å². The van der Waals surface area contributed by atoms with Gasteiger partial charge in [0.05, 0.1) is 0 Å². The Hall–Kier alpha value is -2.00. The van der Waals surface area contributed by atoms with E-state index in [4.69, 9.17) is 0 Å². The lowest BCUT2D eigenvalue weighted by molar-refractivity contribution is 0.174. The van der Waals surface area contributed by atoms with Crippen molar-refractivity contribution >= 4 is 0 Å².